The van der Waals surface area contributed by atoms with Gasteiger partial charge < -0.3 is 4.74 Å². The van der Waals surface area contributed by atoms with Crippen LogP contribution in [0.15, 0.2) is 6.20 Å². The lowest BCUT2D eigenvalue weighted by atomic mass is 10.2. The van der Waals surface area contributed by atoms with Crippen LogP contribution in [0.3, 0.4) is 0 Å². The van der Waals surface area contributed by atoms with Crippen molar-refractivity contribution >= 4 is 5.97 Å². The quantitative estimate of drug-likeness (QED) is 0.780. The summed E-state index contributed by atoms with van der Waals surface area (Å²) in [5.41, 5.74) is 1.76. The Kier molecular flexibility index (Phi) is 7.06. The van der Waals surface area contributed by atoms with Crippen molar-refractivity contribution in [1.82, 2.24) is 30.0 Å². The van der Waals surface area contributed by atoms with Crippen LogP contribution in [-0.2, 0) is 16.6 Å². The minimum Gasteiger partial charge on any atom is -0.437 e. The molecule has 8 nitrogen and oxygen atoms in total. The first kappa shape index (κ1) is 19.8. The number of esters is 1. The number of hydrogen-bond donors (Lipinski definition) is 0. The molecule has 2 aromatic rings. The van der Waals surface area contributed by atoms with Gasteiger partial charge in [0.1, 0.15) is 5.69 Å². The largest absolute Gasteiger partial charge is 0.437 e. The topological polar surface area (TPSA) is 87.7 Å². The molecule has 24 heavy (non-hydrogen) atoms. The Balaban J connectivity index is 0.00000139. The van der Waals surface area contributed by atoms with Gasteiger partial charge in [-0.05, 0) is 17.7 Å². The first-order valence-corrected chi connectivity index (χ1v) is 8.30. The van der Waals surface area contributed by atoms with Crippen LogP contribution in [-0.4, -0.2) is 36.0 Å². The lowest BCUT2D eigenvalue weighted by Crippen LogP contribution is -2.26. The fraction of sp³-hybridized carbons (Fsp3) is 0.688. The molecule has 2 rings (SSSR count). The molecule has 0 aliphatic rings. The lowest BCUT2D eigenvalue weighted by Gasteiger charge is -2.20. The molecule has 8 heteroatoms. The molecule has 0 radical (unpaired) electrons. The van der Waals surface area contributed by atoms with E-state index in [0.717, 1.165) is 11.3 Å². The first-order valence-electron chi connectivity index (χ1n) is 8.30. The van der Waals surface area contributed by atoms with E-state index in [-0.39, 0.29) is 17.8 Å². The Morgan fingerprint density at radius 1 is 1.21 bits per heavy atom. The molecular weight excluding hydrogens is 308 g/mol. The molecule has 134 valence electrons. The second kappa shape index (κ2) is 8.56. The van der Waals surface area contributed by atoms with Crippen LogP contribution in [0, 0.1) is 18.8 Å². The third-order valence-corrected chi connectivity index (χ3v) is 3.27. The Hall–Kier alpha value is -2.25. The number of nitrogens with zero attached hydrogens (tertiary/aromatic N) is 6. The van der Waals surface area contributed by atoms with E-state index in [4.69, 9.17) is 4.74 Å². The summed E-state index contributed by atoms with van der Waals surface area (Å²) in [5, 5.41) is 16.6. The maximum atomic E-state index is 11.8. The molecule has 0 fully saturated rings. The number of tetrazole rings is 1. The molecule has 0 N–H and O–H groups in total. The number of ether oxygens (including phenoxy) is 1. The highest BCUT2D eigenvalue weighted by Gasteiger charge is 2.25. The van der Waals surface area contributed by atoms with Crippen LogP contribution in [0.5, 0.6) is 0 Å². The van der Waals surface area contributed by atoms with Crippen molar-refractivity contribution in [2.24, 2.45) is 18.9 Å². The van der Waals surface area contributed by atoms with E-state index in [1.54, 1.807) is 24.7 Å². The van der Waals surface area contributed by atoms with Crippen molar-refractivity contribution in [1.29, 1.82) is 0 Å². The second-order valence-electron chi connectivity index (χ2n) is 5.96. The normalized spacial score (nSPS) is 12.1. The van der Waals surface area contributed by atoms with Gasteiger partial charge in [-0.1, -0.05) is 41.5 Å². The summed E-state index contributed by atoms with van der Waals surface area (Å²) in [4.78, 5) is 13.2. The predicted molar refractivity (Wildman–Crippen MR) is 90.9 cm³/mol. The van der Waals surface area contributed by atoms with E-state index in [0.29, 0.717) is 5.82 Å². The monoisotopic (exact) mass is 336 g/mol. The molecule has 1 unspecified atom stereocenters. The van der Waals surface area contributed by atoms with Crippen molar-refractivity contribution in [3.05, 3.63) is 11.8 Å². The van der Waals surface area contributed by atoms with Crippen LogP contribution in [0.1, 0.15) is 53.3 Å². The van der Waals surface area contributed by atoms with Gasteiger partial charge in [-0.25, -0.2) is 0 Å². The molecule has 0 aliphatic heterocycles. The Morgan fingerprint density at radius 3 is 2.29 bits per heavy atom. The molecule has 0 bridgehead atoms. The van der Waals surface area contributed by atoms with Crippen molar-refractivity contribution in [2.75, 3.05) is 0 Å². The van der Waals surface area contributed by atoms with Crippen LogP contribution in [0.25, 0.3) is 11.5 Å². The summed E-state index contributed by atoms with van der Waals surface area (Å²) in [6, 6.07) is 0. The highest BCUT2D eigenvalue weighted by Crippen LogP contribution is 2.22. The smallest absolute Gasteiger partial charge is 0.310 e. The number of hydrogen-bond acceptors (Lipinski definition) is 6. The molecule has 2 heterocycles. The predicted octanol–water partition coefficient (Wildman–Crippen LogP) is 2.76. The molecule has 0 saturated heterocycles. The van der Waals surface area contributed by atoms with Gasteiger partial charge in [-0.15, -0.1) is 15.0 Å². The molecule has 0 amide bonds. The molecular formula is C16H28N6O2. The van der Waals surface area contributed by atoms with Crippen molar-refractivity contribution in [2.45, 2.75) is 54.7 Å². The number of aromatic nitrogens is 6. The van der Waals surface area contributed by atoms with Gasteiger partial charge in [0.2, 0.25) is 12.1 Å². The van der Waals surface area contributed by atoms with Crippen LogP contribution < -0.4 is 0 Å². The number of carbonyl (C=O) groups is 1. The SMILES string of the molecule is CC.Cc1cnn(C)c1-c1nnn(C(OC(=O)C(C)C)C(C)C)n1. The zero-order valence-electron chi connectivity index (χ0n) is 15.8. The Bertz CT molecular complexity index is 640. The highest BCUT2D eigenvalue weighted by molar-refractivity contribution is 5.71. The van der Waals surface area contributed by atoms with E-state index in [9.17, 15) is 4.79 Å². The lowest BCUT2D eigenvalue weighted by molar-refractivity contribution is -0.163. The number of rotatable bonds is 5. The van der Waals surface area contributed by atoms with Gasteiger partial charge in [0.05, 0.1) is 12.1 Å². The second-order valence-corrected chi connectivity index (χ2v) is 5.96. The number of aryl methyl sites for hydroxylation is 2. The summed E-state index contributed by atoms with van der Waals surface area (Å²) in [7, 11) is 1.82. The van der Waals surface area contributed by atoms with Gasteiger partial charge >= 0.3 is 5.97 Å². The van der Waals surface area contributed by atoms with E-state index in [1.807, 2.05) is 41.7 Å². The maximum absolute atomic E-state index is 11.8. The fourth-order valence-corrected chi connectivity index (χ4v) is 2.00. The van der Waals surface area contributed by atoms with Crippen LogP contribution >= 0.6 is 0 Å². The summed E-state index contributed by atoms with van der Waals surface area (Å²) in [5.74, 6) is -0.000968. The third kappa shape index (κ3) is 4.39. The molecule has 0 spiro atoms. The zero-order chi connectivity index (χ0) is 18.4. The van der Waals surface area contributed by atoms with Crippen molar-refractivity contribution in [3.63, 3.8) is 0 Å². The van der Waals surface area contributed by atoms with E-state index < -0.39 is 6.23 Å². The summed E-state index contributed by atoms with van der Waals surface area (Å²) in [6.07, 6.45) is 1.17. The minimum atomic E-state index is -0.579. The molecule has 2 aromatic heterocycles. The van der Waals surface area contributed by atoms with E-state index in [2.05, 4.69) is 20.5 Å². The Labute approximate surface area is 143 Å². The molecule has 0 aliphatic carbocycles. The highest BCUT2D eigenvalue weighted by atomic mass is 16.6. The average molecular weight is 336 g/mol. The van der Waals surface area contributed by atoms with Gasteiger partial charge in [0, 0.05) is 13.0 Å². The van der Waals surface area contributed by atoms with Gasteiger partial charge in [0.15, 0.2) is 0 Å². The Morgan fingerprint density at radius 2 is 1.83 bits per heavy atom. The van der Waals surface area contributed by atoms with Crippen molar-refractivity contribution < 1.29 is 9.53 Å². The van der Waals surface area contributed by atoms with Gasteiger partial charge in [-0.3, -0.25) is 9.48 Å². The fourth-order valence-electron chi connectivity index (χ4n) is 2.00. The summed E-state index contributed by atoms with van der Waals surface area (Å²) in [6.45, 7) is 13.4. The van der Waals surface area contributed by atoms with Gasteiger partial charge in [0.25, 0.3) is 0 Å². The maximum Gasteiger partial charge on any atom is 0.310 e. The minimum absolute atomic E-state index is 0.0254. The third-order valence-electron chi connectivity index (χ3n) is 3.27. The van der Waals surface area contributed by atoms with Crippen LogP contribution in [0.2, 0.25) is 0 Å². The zero-order valence-corrected chi connectivity index (χ0v) is 15.8. The molecule has 0 aromatic carbocycles. The van der Waals surface area contributed by atoms with Crippen molar-refractivity contribution in [3.8, 4) is 11.5 Å². The standard InChI is InChI=1S/C14H22N6O2.C2H6/c1-8(2)13(22-14(21)9(3)4)20-17-12(16-18-20)11-10(5)7-15-19(11)6;1-2/h7-9,13H,1-6H3;1-2H3. The van der Waals surface area contributed by atoms with Gasteiger partial charge in [-0.2, -0.15) is 5.10 Å². The summed E-state index contributed by atoms with van der Waals surface area (Å²) < 4.78 is 7.18. The van der Waals surface area contributed by atoms with E-state index >= 15 is 0 Å². The average Bonchev–Trinajstić information content (AvgIpc) is 3.13. The first-order chi connectivity index (χ1) is 11.3. The summed E-state index contributed by atoms with van der Waals surface area (Å²) >= 11 is 0. The molecule has 1 atom stereocenters. The molecule has 0 saturated carbocycles. The van der Waals surface area contributed by atoms with E-state index in [1.165, 1.54) is 4.80 Å². The van der Waals surface area contributed by atoms with Crippen LogP contribution in [0.4, 0.5) is 0 Å². The number of carbonyl (C=O) groups excluding carboxylic acids is 1.